The Bertz CT molecular complexity index is 1520. The topological polar surface area (TPSA) is 86.2 Å². The molecule has 41 heavy (non-hydrogen) atoms. The van der Waals surface area contributed by atoms with E-state index in [4.69, 9.17) is 9.47 Å². The van der Waals surface area contributed by atoms with E-state index in [9.17, 15) is 34.9 Å². The summed E-state index contributed by atoms with van der Waals surface area (Å²) in [5, 5.41) is 0. The van der Waals surface area contributed by atoms with Crippen LogP contribution in [0.4, 0.5) is 36.4 Å². The van der Waals surface area contributed by atoms with Gasteiger partial charge >= 0.3 is 12.4 Å². The highest BCUT2D eigenvalue weighted by molar-refractivity contribution is 7.86. The Morgan fingerprint density at radius 2 is 1.61 bits per heavy atom. The fourth-order valence-corrected chi connectivity index (χ4v) is 4.17. The standard InChI is InChI=1S/C26H19F7N4O3S/c27-20-4-5-22(39-14-17-2-1-3-19(10-17)26(31,32)33)36-23(20)18-11-21(37-41(38)15-25(28,29)30)24(35-12-18)40-13-16-6-8-34-9-7-16/h1-12,37H,13-15H2. The number of aromatic nitrogens is 3. The summed E-state index contributed by atoms with van der Waals surface area (Å²) in [6, 6.07) is 11.0. The van der Waals surface area contributed by atoms with Crippen molar-refractivity contribution >= 4 is 16.7 Å². The molecular formula is C26H19F7N4O3S. The van der Waals surface area contributed by atoms with E-state index in [0.717, 1.165) is 36.5 Å². The maximum Gasteiger partial charge on any atom is 0.416 e. The molecule has 4 aromatic rings. The summed E-state index contributed by atoms with van der Waals surface area (Å²) in [6.45, 7) is -0.369. The minimum Gasteiger partial charge on any atom is -0.473 e. The maximum atomic E-state index is 14.8. The van der Waals surface area contributed by atoms with E-state index < -0.39 is 40.5 Å². The number of anilines is 1. The number of nitrogens with one attached hydrogen (secondary N) is 1. The zero-order valence-corrected chi connectivity index (χ0v) is 21.5. The van der Waals surface area contributed by atoms with Crippen LogP contribution in [0.2, 0.25) is 0 Å². The highest BCUT2D eigenvalue weighted by Gasteiger charge is 2.31. The van der Waals surface area contributed by atoms with Gasteiger partial charge in [-0.25, -0.2) is 18.6 Å². The molecule has 1 unspecified atom stereocenters. The van der Waals surface area contributed by atoms with Gasteiger partial charge in [-0.3, -0.25) is 9.71 Å². The number of rotatable bonds is 10. The van der Waals surface area contributed by atoms with Gasteiger partial charge < -0.3 is 9.47 Å². The molecule has 15 heteroatoms. The van der Waals surface area contributed by atoms with E-state index >= 15 is 0 Å². The number of benzene rings is 1. The first kappa shape index (κ1) is 29.7. The number of halogens is 7. The van der Waals surface area contributed by atoms with Crippen molar-refractivity contribution in [1.29, 1.82) is 0 Å². The summed E-state index contributed by atoms with van der Waals surface area (Å²) in [4.78, 5) is 12.0. The van der Waals surface area contributed by atoms with Crippen LogP contribution in [0.5, 0.6) is 11.8 Å². The lowest BCUT2D eigenvalue weighted by molar-refractivity contribution is -0.137. The van der Waals surface area contributed by atoms with E-state index in [-0.39, 0.29) is 47.5 Å². The van der Waals surface area contributed by atoms with Crippen LogP contribution in [0.3, 0.4) is 0 Å². The molecular weight excluding hydrogens is 581 g/mol. The van der Waals surface area contributed by atoms with E-state index in [0.29, 0.717) is 5.56 Å². The van der Waals surface area contributed by atoms with Crippen LogP contribution in [0.15, 0.2) is 73.2 Å². The second-order valence-electron chi connectivity index (χ2n) is 8.39. The summed E-state index contributed by atoms with van der Waals surface area (Å²) < 4.78 is 117. The Balaban J connectivity index is 1.59. The first-order chi connectivity index (χ1) is 19.4. The molecule has 0 fully saturated rings. The van der Waals surface area contributed by atoms with Crippen molar-refractivity contribution in [3.8, 4) is 23.0 Å². The molecule has 0 amide bonds. The van der Waals surface area contributed by atoms with Gasteiger partial charge in [0.25, 0.3) is 0 Å². The average molecular weight is 601 g/mol. The second kappa shape index (κ2) is 12.5. The van der Waals surface area contributed by atoms with Gasteiger partial charge in [0.15, 0.2) is 0 Å². The Morgan fingerprint density at radius 3 is 2.32 bits per heavy atom. The van der Waals surface area contributed by atoms with Gasteiger partial charge in [-0.05, 0) is 47.5 Å². The monoisotopic (exact) mass is 600 g/mol. The number of hydrogen-bond acceptors (Lipinski definition) is 6. The highest BCUT2D eigenvalue weighted by Crippen LogP contribution is 2.32. The molecule has 0 spiro atoms. The van der Waals surface area contributed by atoms with Crippen molar-refractivity contribution in [2.24, 2.45) is 0 Å². The lowest BCUT2D eigenvalue weighted by Crippen LogP contribution is -2.23. The zero-order chi connectivity index (χ0) is 29.6. The van der Waals surface area contributed by atoms with Crippen molar-refractivity contribution in [1.82, 2.24) is 15.0 Å². The normalized spacial score (nSPS) is 12.6. The van der Waals surface area contributed by atoms with Crippen LogP contribution < -0.4 is 14.2 Å². The highest BCUT2D eigenvalue weighted by atomic mass is 32.2. The molecule has 7 nitrogen and oxygen atoms in total. The molecule has 1 atom stereocenters. The Kier molecular flexibility index (Phi) is 9.05. The zero-order valence-electron chi connectivity index (χ0n) is 20.7. The van der Waals surface area contributed by atoms with Gasteiger partial charge in [0.05, 0.1) is 5.56 Å². The first-order valence-corrected chi connectivity index (χ1v) is 12.9. The summed E-state index contributed by atoms with van der Waals surface area (Å²) in [5.74, 6) is -2.89. The predicted molar refractivity (Wildman–Crippen MR) is 134 cm³/mol. The average Bonchev–Trinajstić information content (AvgIpc) is 2.91. The van der Waals surface area contributed by atoms with Crippen molar-refractivity contribution in [2.75, 3.05) is 10.5 Å². The minimum atomic E-state index is -4.74. The third-order valence-electron chi connectivity index (χ3n) is 5.23. The molecule has 0 aliphatic carbocycles. The van der Waals surface area contributed by atoms with Crippen LogP contribution in [0.25, 0.3) is 11.3 Å². The molecule has 3 aromatic heterocycles. The summed E-state index contributed by atoms with van der Waals surface area (Å²) in [5.41, 5.74) is -0.614. The predicted octanol–water partition coefficient (Wildman–Crippen LogP) is 6.49. The molecule has 216 valence electrons. The first-order valence-electron chi connectivity index (χ1n) is 11.6. The smallest absolute Gasteiger partial charge is 0.416 e. The molecule has 1 N–H and O–H groups in total. The Labute approximate surface area is 231 Å². The second-order valence-corrected chi connectivity index (χ2v) is 9.58. The summed E-state index contributed by atoms with van der Waals surface area (Å²) in [6.07, 6.45) is -5.14. The molecule has 4 rings (SSSR count). The number of nitrogens with zero attached hydrogens (tertiary/aromatic N) is 3. The summed E-state index contributed by atoms with van der Waals surface area (Å²) >= 11 is 0. The minimum absolute atomic E-state index is 0.0326. The molecule has 0 aliphatic heterocycles. The molecule has 0 aliphatic rings. The molecule has 1 aromatic carbocycles. The quantitative estimate of drug-likeness (QED) is 0.210. The van der Waals surface area contributed by atoms with E-state index in [1.54, 1.807) is 12.1 Å². The number of pyridine rings is 3. The van der Waals surface area contributed by atoms with Gasteiger partial charge in [-0.2, -0.15) is 26.3 Å². The fraction of sp³-hybridized carbons (Fsp3) is 0.192. The van der Waals surface area contributed by atoms with Gasteiger partial charge in [0.2, 0.25) is 11.8 Å². The lowest BCUT2D eigenvalue weighted by atomic mass is 10.1. The number of alkyl halides is 6. The van der Waals surface area contributed by atoms with Crippen molar-refractivity contribution in [2.45, 2.75) is 25.6 Å². The molecule has 3 heterocycles. The van der Waals surface area contributed by atoms with E-state index in [2.05, 4.69) is 19.7 Å². The Hall–Kier alpha value is -4.27. The van der Waals surface area contributed by atoms with Crippen molar-refractivity contribution < 1.29 is 44.4 Å². The molecule has 0 radical (unpaired) electrons. The SMILES string of the molecule is O=S(CC(F)(F)F)Nc1cc(-c2nc(OCc3cccc(C(F)(F)F)c3)ccc2F)cnc1OCc1ccncc1. The van der Waals surface area contributed by atoms with Crippen LogP contribution >= 0.6 is 0 Å². The van der Waals surface area contributed by atoms with E-state index in [1.165, 1.54) is 24.5 Å². The van der Waals surface area contributed by atoms with E-state index in [1.807, 2.05) is 0 Å². The van der Waals surface area contributed by atoms with Crippen LogP contribution in [0.1, 0.15) is 16.7 Å². The maximum absolute atomic E-state index is 14.8. The largest absolute Gasteiger partial charge is 0.473 e. The molecule has 0 bridgehead atoms. The number of hydrogen-bond donors (Lipinski definition) is 1. The van der Waals surface area contributed by atoms with Crippen LogP contribution in [-0.4, -0.2) is 31.1 Å². The third-order valence-corrected chi connectivity index (χ3v) is 6.27. The van der Waals surface area contributed by atoms with Gasteiger partial charge in [0.1, 0.15) is 47.2 Å². The van der Waals surface area contributed by atoms with Crippen molar-refractivity contribution in [3.63, 3.8) is 0 Å². The van der Waals surface area contributed by atoms with Crippen molar-refractivity contribution in [3.05, 3.63) is 95.7 Å². The fourth-order valence-electron chi connectivity index (χ4n) is 3.41. The number of ether oxygens (including phenoxy) is 2. The molecule has 0 saturated carbocycles. The molecule has 0 saturated heterocycles. The van der Waals surface area contributed by atoms with Gasteiger partial charge in [-0.15, -0.1) is 0 Å². The van der Waals surface area contributed by atoms with Gasteiger partial charge in [-0.1, -0.05) is 12.1 Å². The van der Waals surface area contributed by atoms with Gasteiger partial charge in [0, 0.05) is 30.2 Å². The van der Waals surface area contributed by atoms with Crippen LogP contribution in [-0.2, 0) is 30.4 Å². The third kappa shape index (κ3) is 8.61. The van der Waals surface area contributed by atoms with Crippen LogP contribution in [0, 0.1) is 5.82 Å². The summed E-state index contributed by atoms with van der Waals surface area (Å²) in [7, 11) is -2.63. The Morgan fingerprint density at radius 1 is 0.878 bits per heavy atom. The lowest BCUT2D eigenvalue weighted by Gasteiger charge is -2.15.